The summed E-state index contributed by atoms with van der Waals surface area (Å²) in [7, 11) is 0. The molecule has 1 aliphatic heterocycles. The van der Waals surface area contributed by atoms with Gasteiger partial charge in [-0.05, 0) is 41.1 Å². The van der Waals surface area contributed by atoms with Gasteiger partial charge in [0.05, 0.1) is 12.0 Å². The topological polar surface area (TPSA) is 109 Å². The first-order valence-corrected chi connectivity index (χ1v) is 9.90. The SMILES string of the molecule is O=C(NCCCC(=O)N1CCN(c2nnnn2-c2ccccc2)CC1)c1ccco1. The average molecular weight is 409 g/mol. The van der Waals surface area contributed by atoms with Gasteiger partial charge < -0.3 is 19.5 Å². The van der Waals surface area contributed by atoms with Gasteiger partial charge in [0.25, 0.3) is 5.91 Å². The van der Waals surface area contributed by atoms with Crippen LogP contribution in [0.1, 0.15) is 23.4 Å². The van der Waals surface area contributed by atoms with Crippen molar-refractivity contribution in [2.75, 3.05) is 37.6 Å². The van der Waals surface area contributed by atoms with E-state index in [0.29, 0.717) is 51.5 Å². The Balaban J connectivity index is 1.23. The Morgan fingerprint density at radius 3 is 2.57 bits per heavy atom. The van der Waals surface area contributed by atoms with E-state index < -0.39 is 0 Å². The molecule has 156 valence electrons. The Bertz CT molecular complexity index is 963. The lowest BCUT2D eigenvalue weighted by atomic mass is 10.2. The Morgan fingerprint density at radius 2 is 1.83 bits per heavy atom. The molecule has 1 aromatic carbocycles. The lowest BCUT2D eigenvalue weighted by molar-refractivity contribution is -0.131. The summed E-state index contributed by atoms with van der Waals surface area (Å²) in [6, 6.07) is 13.0. The summed E-state index contributed by atoms with van der Waals surface area (Å²) in [6.45, 7) is 2.97. The van der Waals surface area contributed by atoms with Crippen LogP contribution in [0.15, 0.2) is 53.1 Å². The Morgan fingerprint density at radius 1 is 1.03 bits per heavy atom. The van der Waals surface area contributed by atoms with E-state index >= 15 is 0 Å². The van der Waals surface area contributed by atoms with Gasteiger partial charge in [0.2, 0.25) is 11.9 Å². The lowest BCUT2D eigenvalue weighted by Crippen LogP contribution is -2.49. The lowest BCUT2D eigenvalue weighted by Gasteiger charge is -2.34. The molecule has 0 aliphatic carbocycles. The highest BCUT2D eigenvalue weighted by atomic mass is 16.3. The number of benzene rings is 1. The van der Waals surface area contributed by atoms with Crippen LogP contribution in [0, 0.1) is 0 Å². The summed E-state index contributed by atoms with van der Waals surface area (Å²) in [4.78, 5) is 28.2. The summed E-state index contributed by atoms with van der Waals surface area (Å²) in [5.41, 5.74) is 0.896. The van der Waals surface area contributed by atoms with Gasteiger partial charge in [0, 0.05) is 39.1 Å². The number of hydrogen-bond donors (Lipinski definition) is 1. The minimum absolute atomic E-state index is 0.0875. The highest BCUT2D eigenvalue weighted by Gasteiger charge is 2.24. The van der Waals surface area contributed by atoms with Crippen molar-refractivity contribution in [3.8, 4) is 5.69 Å². The van der Waals surface area contributed by atoms with E-state index in [1.807, 2.05) is 35.2 Å². The number of tetrazole rings is 1. The molecule has 0 atom stereocenters. The van der Waals surface area contributed by atoms with Crippen molar-refractivity contribution in [1.29, 1.82) is 0 Å². The molecule has 3 aromatic rings. The predicted octanol–water partition coefficient (Wildman–Crippen LogP) is 1.11. The summed E-state index contributed by atoms with van der Waals surface area (Å²) in [5.74, 6) is 0.769. The maximum absolute atomic E-state index is 12.5. The van der Waals surface area contributed by atoms with E-state index in [4.69, 9.17) is 4.42 Å². The minimum Gasteiger partial charge on any atom is -0.459 e. The van der Waals surface area contributed by atoms with Crippen molar-refractivity contribution in [1.82, 2.24) is 30.4 Å². The van der Waals surface area contributed by atoms with Crippen LogP contribution in [0.2, 0.25) is 0 Å². The molecule has 2 amide bonds. The molecule has 0 saturated carbocycles. The number of rotatable bonds is 7. The van der Waals surface area contributed by atoms with Crippen LogP contribution in [0.5, 0.6) is 0 Å². The van der Waals surface area contributed by atoms with Gasteiger partial charge in [-0.3, -0.25) is 9.59 Å². The average Bonchev–Trinajstić information content (AvgIpc) is 3.50. The molecule has 1 N–H and O–H groups in total. The van der Waals surface area contributed by atoms with Gasteiger partial charge in [-0.2, -0.15) is 4.68 Å². The molecule has 10 heteroatoms. The molecular formula is C20H23N7O3. The van der Waals surface area contributed by atoms with E-state index in [1.54, 1.807) is 16.8 Å². The number of anilines is 1. The van der Waals surface area contributed by atoms with Gasteiger partial charge >= 0.3 is 0 Å². The monoisotopic (exact) mass is 409 g/mol. The van der Waals surface area contributed by atoms with Gasteiger partial charge in [0.15, 0.2) is 5.76 Å². The van der Waals surface area contributed by atoms with Gasteiger partial charge in [-0.25, -0.2) is 0 Å². The largest absolute Gasteiger partial charge is 0.459 e. The maximum atomic E-state index is 12.5. The second-order valence-corrected chi connectivity index (χ2v) is 6.93. The zero-order valence-electron chi connectivity index (χ0n) is 16.5. The Hall–Kier alpha value is -3.69. The molecule has 0 bridgehead atoms. The number of piperazine rings is 1. The van der Waals surface area contributed by atoms with Crippen molar-refractivity contribution in [2.45, 2.75) is 12.8 Å². The normalized spacial score (nSPS) is 14.0. The molecule has 1 fully saturated rings. The number of nitrogens with one attached hydrogen (secondary N) is 1. The smallest absolute Gasteiger partial charge is 0.286 e. The first kappa shape index (κ1) is 19.6. The van der Waals surface area contributed by atoms with Crippen molar-refractivity contribution < 1.29 is 14.0 Å². The molecule has 30 heavy (non-hydrogen) atoms. The van der Waals surface area contributed by atoms with Crippen LogP contribution in [0.4, 0.5) is 5.95 Å². The van der Waals surface area contributed by atoms with Gasteiger partial charge in [0.1, 0.15) is 0 Å². The molecular weight excluding hydrogens is 386 g/mol. The molecule has 0 spiro atoms. The number of para-hydroxylation sites is 1. The molecule has 1 aliphatic rings. The summed E-state index contributed by atoms with van der Waals surface area (Å²) in [6.07, 6.45) is 2.43. The van der Waals surface area contributed by atoms with Crippen molar-refractivity contribution in [3.05, 3.63) is 54.5 Å². The number of carbonyl (C=O) groups excluding carboxylic acids is 2. The molecule has 0 unspecified atom stereocenters. The van der Waals surface area contributed by atoms with Crippen LogP contribution in [-0.2, 0) is 4.79 Å². The highest BCUT2D eigenvalue weighted by Crippen LogP contribution is 2.17. The van der Waals surface area contributed by atoms with E-state index in [1.165, 1.54) is 6.26 Å². The molecule has 1 saturated heterocycles. The first-order chi connectivity index (χ1) is 14.7. The fraction of sp³-hybridized carbons (Fsp3) is 0.350. The quantitative estimate of drug-likeness (QED) is 0.582. The molecule has 4 rings (SSSR count). The molecule has 10 nitrogen and oxygen atoms in total. The Kier molecular flexibility index (Phi) is 6.02. The third-order valence-corrected chi connectivity index (χ3v) is 4.97. The van der Waals surface area contributed by atoms with Crippen LogP contribution in [-0.4, -0.2) is 69.6 Å². The van der Waals surface area contributed by atoms with Crippen molar-refractivity contribution >= 4 is 17.8 Å². The zero-order chi connectivity index (χ0) is 20.8. The second kappa shape index (κ2) is 9.21. The Labute approximate surface area is 173 Å². The maximum Gasteiger partial charge on any atom is 0.286 e. The fourth-order valence-electron chi connectivity index (χ4n) is 3.37. The van der Waals surface area contributed by atoms with E-state index in [2.05, 4.69) is 25.7 Å². The zero-order valence-corrected chi connectivity index (χ0v) is 16.5. The standard InChI is InChI=1S/C20H23N7O3/c28-18(9-4-10-21-19(29)17-8-5-15-30-17)25-11-13-26(14-12-25)20-22-23-24-27(20)16-6-2-1-3-7-16/h1-3,5-8,15H,4,9-14H2,(H,21,29). The number of hydrogen-bond acceptors (Lipinski definition) is 7. The number of furan rings is 1. The molecule has 3 heterocycles. The fourth-order valence-corrected chi connectivity index (χ4v) is 3.37. The number of nitrogens with zero attached hydrogens (tertiary/aromatic N) is 6. The van der Waals surface area contributed by atoms with Crippen LogP contribution in [0.3, 0.4) is 0 Å². The second-order valence-electron chi connectivity index (χ2n) is 6.93. The van der Waals surface area contributed by atoms with Crippen LogP contribution < -0.4 is 10.2 Å². The van der Waals surface area contributed by atoms with E-state index in [-0.39, 0.29) is 17.6 Å². The summed E-state index contributed by atoms with van der Waals surface area (Å²) < 4.78 is 6.75. The number of aromatic nitrogens is 4. The van der Waals surface area contributed by atoms with Crippen molar-refractivity contribution in [3.63, 3.8) is 0 Å². The van der Waals surface area contributed by atoms with Gasteiger partial charge in [-0.15, -0.1) is 0 Å². The van der Waals surface area contributed by atoms with Crippen LogP contribution >= 0.6 is 0 Å². The summed E-state index contributed by atoms with van der Waals surface area (Å²) >= 11 is 0. The third kappa shape index (κ3) is 4.48. The third-order valence-electron chi connectivity index (χ3n) is 4.97. The molecule has 2 aromatic heterocycles. The van der Waals surface area contributed by atoms with Gasteiger partial charge in [-0.1, -0.05) is 23.3 Å². The van der Waals surface area contributed by atoms with Crippen molar-refractivity contribution in [2.24, 2.45) is 0 Å². The van der Waals surface area contributed by atoms with E-state index in [9.17, 15) is 9.59 Å². The number of amides is 2. The first-order valence-electron chi connectivity index (χ1n) is 9.90. The predicted molar refractivity (Wildman–Crippen MR) is 108 cm³/mol. The molecule has 0 radical (unpaired) electrons. The van der Waals surface area contributed by atoms with E-state index in [0.717, 1.165) is 5.69 Å². The summed E-state index contributed by atoms with van der Waals surface area (Å²) in [5, 5.41) is 14.8. The highest BCUT2D eigenvalue weighted by molar-refractivity contribution is 5.91. The minimum atomic E-state index is -0.266. The number of carbonyl (C=O) groups is 2. The van der Waals surface area contributed by atoms with Crippen LogP contribution in [0.25, 0.3) is 5.69 Å².